The molecule has 3 aliphatic rings. The van der Waals surface area contributed by atoms with Crippen LogP contribution in [0, 0.1) is 5.92 Å². The summed E-state index contributed by atoms with van der Waals surface area (Å²) in [5, 5.41) is 33.5. The van der Waals surface area contributed by atoms with Crippen molar-refractivity contribution >= 4 is 11.8 Å². The van der Waals surface area contributed by atoms with E-state index < -0.39 is 30.1 Å². The third kappa shape index (κ3) is 6.22. The van der Waals surface area contributed by atoms with Crippen molar-refractivity contribution in [2.75, 3.05) is 46.6 Å². The smallest absolute Gasteiger partial charge is 0.247 e. The van der Waals surface area contributed by atoms with Crippen LogP contribution in [0.2, 0.25) is 0 Å². The van der Waals surface area contributed by atoms with Crippen molar-refractivity contribution in [1.29, 1.82) is 0 Å². The van der Waals surface area contributed by atoms with Crippen molar-refractivity contribution in [2.45, 2.75) is 63.6 Å². The summed E-state index contributed by atoms with van der Waals surface area (Å²) in [5.41, 5.74) is 1.50. The Kier molecular flexibility index (Phi) is 9.84. The molecule has 0 bridgehead atoms. The highest BCUT2D eigenvalue weighted by atomic mass is 16.5. The van der Waals surface area contributed by atoms with E-state index in [1.165, 1.54) is 7.11 Å². The van der Waals surface area contributed by atoms with Crippen LogP contribution in [-0.2, 0) is 25.7 Å². The summed E-state index contributed by atoms with van der Waals surface area (Å²) >= 11 is 0. The van der Waals surface area contributed by atoms with E-state index in [1.807, 2.05) is 13.8 Å². The lowest BCUT2D eigenvalue weighted by molar-refractivity contribution is -0.141. The molecule has 4 rings (SSSR count). The molecule has 216 valence electrons. The minimum absolute atomic E-state index is 0.0447. The highest BCUT2D eigenvalue weighted by Gasteiger charge is 2.51. The molecule has 4 N–H and O–H groups in total. The summed E-state index contributed by atoms with van der Waals surface area (Å²) in [5.74, 6) is -0.817. The van der Waals surface area contributed by atoms with Crippen LogP contribution in [0.1, 0.15) is 43.7 Å². The molecular weight excluding hydrogens is 508 g/mol. The topological polar surface area (TPSA) is 147 Å². The van der Waals surface area contributed by atoms with Crippen molar-refractivity contribution < 1.29 is 43.9 Å². The van der Waals surface area contributed by atoms with E-state index in [0.29, 0.717) is 67.4 Å². The van der Waals surface area contributed by atoms with Crippen LogP contribution in [-0.4, -0.2) is 103 Å². The first kappa shape index (κ1) is 29.3. The fraction of sp³-hybridized carbons (Fsp3) is 0.643. The predicted molar refractivity (Wildman–Crippen MR) is 140 cm³/mol. The summed E-state index contributed by atoms with van der Waals surface area (Å²) in [6, 6.07) is 2.55. The lowest BCUT2D eigenvalue weighted by Crippen LogP contribution is -2.57. The Hall–Kier alpha value is -2.70. The number of nitrogens with one attached hydrogen (secondary N) is 1. The maximum absolute atomic E-state index is 13.7. The summed E-state index contributed by atoms with van der Waals surface area (Å²) in [6.45, 7) is 5.00. The normalized spacial score (nSPS) is 25.5. The van der Waals surface area contributed by atoms with Gasteiger partial charge in [-0.1, -0.05) is 0 Å². The van der Waals surface area contributed by atoms with Crippen LogP contribution >= 0.6 is 0 Å². The van der Waals surface area contributed by atoms with Gasteiger partial charge < -0.3 is 44.5 Å². The maximum Gasteiger partial charge on any atom is 0.247 e. The molecule has 1 saturated heterocycles. The van der Waals surface area contributed by atoms with Crippen molar-refractivity contribution in [3.05, 3.63) is 34.9 Å². The zero-order valence-electron chi connectivity index (χ0n) is 22.8. The molecule has 2 heterocycles. The number of methoxy groups -OCH3 is 1. The number of fused-ring (bicyclic) bond motifs is 3. The van der Waals surface area contributed by atoms with Gasteiger partial charge in [0.15, 0.2) is 11.5 Å². The average molecular weight is 549 g/mol. The van der Waals surface area contributed by atoms with Crippen molar-refractivity contribution in [3.63, 3.8) is 0 Å². The van der Waals surface area contributed by atoms with Crippen molar-refractivity contribution in [3.8, 4) is 11.5 Å². The second-order valence-corrected chi connectivity index (χ2v) is 10.4. The van der Waals surface area contributed by atoms with Crippen LogP contribution in [0.5, 0.6) is 11.5 Å². The zero-order chi connectivity index (χ0) is 28.1. The minimum Gasteiger partial charge on any atom is -0.493 e. The lowest BCUT2D eigenvalue weighted by Gasteiger charge is -2.41. The van der Waals surface area contributed by atoms with Crippen molar-refractivity contribution in [1.82, 2.24) is 10.2 Å². The van der Waals surface area contributed by atoms with E-state index >= 15 is 0 Å². The van der Waals surface area contributed by atoms with E-state index in [4.69, 9.17) is 18.9 Å². The Morgan fingerprint density at radius 1 is 1.26 bits per heavy atom. The Morgan fingerprint density at radius 3 is 2.69 bits per heavy atom. The summed E-state index contributed by atoms with van der Waals surface area (Å²) in [7, 11) is 1.48. The number of ether oxygens (including phenoxy) is 4. The first-order valence-electron chi connectivity index (χ1n) is 13.6. The average Bonchev–Trinajstić information content (AvgIpc) is 3.60. The molecule has 11 heteroatoms. The lowest BCUT2D eigenvalue weighted by atomic mass is 9.77. The molecular formula is C28H40N2O9. The molecule has 11 nitrogen and oxygen atoms in total. The molecule has 0 spiro atoms. The Labute approximate surface area is 228 Å². The van der Waals surface area contributed by atoms with Crippen LogP contribution in [0.3, 0.4) is 0 Å². The molecule has 0 saturated carbocycles. The van der Waals surface area contributed by atoms with Gasteiger partial charge in [0, 0.05) is 37.4 Å². The van der Waals surface area contributed by atoms with E-state index in [-0.39, 0.29) is 37.7 Å². The summed E-state index contributed by atoms with van der Waals surface area (Å²) in [6.07, 6.45) is 0.786. The second kappa shape index (κ2) is 13.1. The number of hydrogen-bond acceptors (Lipinski definition) is 9. The second-order valence-electron chi connectivity index (χ2n) is 10.4. The highest BCUT2D eigenvalue weighted by molar-refractivity contribution is 5.96. The maximum atomic E-state index is 13.7. The largest absolute Gasteiger partial charge is 0.493 e. The highest BCUT2D eigenvalue weighted by Crippen LogP contribution is 2.51. The molecule has 1 fully saturated rings. The van der Waals surface area contributed by atoms with Gasteiger partial charge in [-0.2, -0.15) is 0 Å². The quantitative estimate of drug-likeness (QED) is 0.274. The molecule has 1 aromatic rings. The van der Waals surface area contributed by atoms with Gasteiger partial charge in [-0.15, -0.1) is 0 Å². The predicted octanol–water partition coefficient (Wildman–Crippen LogP) is 0.490. The van der Waals surface area contributed by atoms with Crippen LogP contribution in [0.25, 0.3) is 0 Å². The van der Waals surface area contributed by atoms with Gasteiger partial charge >= 0.3 is 0 Å². The number of aliphatic hydroxyl groups is 3. The first-order valence-corrected chi connectivity index (χ1v) is 13.6. The van der Waals surface area contributed by atoms with Crippen molar-refractivity contribution in [2.24, 2.45) is 5.92 Å². The number of nitrogens with zero attached hydrogens (tertiary/aromatic N) is 1. The van der Waals surface area contributed by atoms with E-state index in [1.54, 1.807) is 23.1 Å². The molecule has 39 heavy (non-hydrogen) atoms. The van der Waals surface area contributed by atoms with E-state index in [2.05, 4.69) is 5.32 Å². The molecule has 5 atom stereocenters. The molecule has 0 aromatic heterocycles. The first-order chi connectivity index (χ1) is 18.8. The number of benzene rings is 1. The van der Waals surface area contributed by atoms with Crippen LogP contribution in [0.4, 0.5) is 0 Å². The number of rotatable bonds is 12. The fourth-order valence-corrected chi connectivity index (χ4v) is 5.54. The Morgan fingerprint density at radius 2 is 2.05 bits per heavy atom. The third-order valence-electron chi connectivity index (χ3n) is 7.41. The molecule has 2 amide bonds. The van der Waals surface area contributed by atoms with Gasteiger partial charge in [0.2, 0.25) is 11.8 Å². The third-order valence-corrected chi connectivity index (χ3v) is 7.41. The van der Waals surface area contributed by atoms with Crippen LogP contribution in [0.15, 0.2) is 23.8 Å². The van der Waals surface area contributed by atoms with E-state index in [9.17, 15) is 24.9 Å². The van der Waals surface area contributed by atoms with Crippen LogP contribution < -0.4 is 14.8 Å². The standard InChI is InChI=1S/C28H40N2O9/c1-16(2)38-9-4-7-30(28(35)18-5-10-37-15-18)21-13-20(27(34)29-6-8-31)23-19-11-17(14-32)12-22(36-3)25(19)39-26(23)24(21)33/h11-13,16,18,21,23-24,26,31-33H,4-10,14-15H2,1-3H3,(H,29,34). The number of hydrogen-bond donors (Lipinski definition) is 4. The van der Waals surface area contributed by atoms with Gasteiger partial charge in [-0.3, -0.25) is 9.59 Å². The summed E-state index contributed by atoms with van der Waals surface area (Å²) < 4.78 is 22.9. The molecule has 1 aliphatic carbocycles. The SMILES string of the molecule is COc1cc(CO)cc2c1OC1C2C(C(=O)NCCO)=CC(N(CCCOC(C)C)C(=O)C2CCOC2)C1O. The Bertz CT molecular complexity index is 1050. The van der Waals surface area contributed by atoms with Gasteiger partial charge in [0.05, 0.1) is 50.9 Å². The number of aliphatic hydroxyl groups excluding tert-OH is 3. The van der Waals surface area contributed by atoms with Gasteiger partial charge in [0.1, 0.15) is 12.2 Å². The zero-order valence-corrected chi connectivity index (χ0v) is 22.8. The Balaban J connectivity index is 1.73. The minimum atomic E-state index is -1.16. The molecule has 2 aliphatic heterocycles. The molecule has 1 aromatic carbocycles. The van der Waals surface area contributed by atoms with Gasteiger partial charge in [0.25, 0.3) is 0 Å². The number of carbonyl (C=O) groups excluding carboxylic acids is 2. The van der Waals surface area contributed by atoms with E-state index in [0.717, 1.165) is 0 Å². The van der Waals surface area contributed by atoms with Gasteiger partial charge in [-0.25, -0.2) is 0 Å². The fourth-order valence-electron chi connectivity index (χ4n) is 5.54. The molecule has 0 radical (unpaired) electrons. The van der Waals surface area contributed by atoms with Gasteiger partial charge in [-0.05, 0) is 50.5 Å². The number of amides is 2. The summed E-state index contributed by atoms with van der Waals surface area (Å²) in [4.78, 5) is 28.7. The molecule has 5 unspecified atom stereocenters. The monoisotopic (exact) mass is 548 g/mol. The number of carbonyl (C=O) groups is 2.